The number of likely N-dealkylation sites (N-methyl/N-ethyl adjacent to an activating group) is 1. The van der Waals surface area contributed by atoms with Crippen molar-refractivity contribution in [3.63, 3.8) is 0 Å². The van der Waals surface area contributed by atoms with Crippen molar-refractivity contribution in [3.05, 3.63) is 0 Å². The van der Waals surface area contributed by atoms with E-state index < -0.39 is 0 Å². The first-order chi connectivity index (χ1) is 9.97. The van der Waals surface area contributed by atoms with Crippen LogP contribution >= 0.6 is 0 Å². The van der Waals surface area contributed by atoms with Crippen molar-refractivity contribution >= 4 is 5.97 Å². The molecule has 0 aliphatic carbocycles. The number of nitrogens with zero attached hydrogens (tertiary/aromatic N) is 2. The fraction of sp³-hybridized carbons (Fsp3) is 0.938. The topological polar surface area (TPSA) is 44.8 Å². The van der Waals surface area contributed by atoms with E-state index in [0.717, 1.165) is 32.6 Å². The van der Waals surface area contributed by atoms with E-state index >= 15 is 0 Å². The number of piperazine rings is 1. The van der Waals surface area contributed by atoms with Crippen molar-refractivity contribution in [2.24, 2.45) is 0 Å². The van der Waals surface area contributed by atoms with Crippen LogP contribution in [-0.4, -0.2) is 73.7 Å². The third-order valence-electron chi connectivity index (χ3n) is 4.17. The van der Waals surface area contributed by atoms with Gasteiger partial charge in [0.2, 0.25) is 0 Å². The Morgan fingerprint density at radius 1 is 1.33 bits per heavy atom. The lowest BCUT2D eigenvalue weighted by atomic mass is 10.1. The van der Waals surface area contributed by atoms with Gasteiger partial charge in [0.25, 0.3) is 0 Å². The summed E-state index contributed by atoms with van der Waals surface area (Å²) in [5.41, 5.74) is 0. The van der Waals surface area contributed by atoms with Gasteiger partial charge in [0.05, 0.1) is 6.61 Å². The molecule has 1 aliphatic heterocycles. The van der Waals surface area contributed by atoms with Crippen LogP contribution in [0.4, 0.5) is 0 Å². The maximum absolute atomic E-state index is 12.0. The molecular weight excluding hydrogens is 266 g/mol. The molecule has 0 bridgehead atoms. The monoisotopic (exact) mass is 299 g/mol. The number of ether oxygens (including phenoxy) is 1. The van der Waals surface area contributed by atoms with Crippen LogP contribution in [-0.2, 0) is 9.53 Å². The Morgan fingerprint density at radius 2 is 2.05 bits per heavy atom. The van der Waals surface area contributed by atoms with Gasteiger partial charge >= 0.3 is 5.97 Å². The van der Waals surface area contributed by atoms with E-state index in [9.17, 15) is 4.79 Å². The second kappa shape index (κ2) is 9.38. The maximum atomic E-state index is 12.0. The molecule has 1 fully saturated rings. The molecular formula is C16H33N3O2. The van der Waals surface area contributed by atoms with E-state index in [1.807, 2.05) is 6.92 Å². The van der Waals surface area contributed by atoms with E-state index in [2.05, 4.69) is 42.9 Å². The zero-order chi connectivity index (χ0) is 15.8. The van der Waals surface area contributed by atoms with Crippen LogP contribution in [0.15, 0.2) is 0 Å². The Bertz CT molecular complexity index is 310. The van der Waals surface area contributed by atoms with Crippen LogP contribution in [0.25, 0.3) is 0 Å². The minimum Gasteiger partial charge on any atom is -0.465 e. The van der Waals surface area contributed by atoms with Gasteiger partial charge in [-0.15, -0.1) is 0 Å². The molecule has 0 aromatic carbocycles. The molecule has 0 amide bonds. The Labute approximate surface area is 130 Å². The van der Waals surface area contributed by atoms with Gasteiger partial charge in [-0.25, -0.2) is 0 Å². The van der Waals surface area contributed by atoms with E-state index in [0.29, 0.717) is 12.6 Å². The maximum Gasteiger partial charge on any atom is 0.323 e. The van der Waals surface area contributed by atoms with Crippen molar-refractivity contribution < 1.29 is 9.53 Å². The fourth-order valence-electron chi connectivity index (χ4n) is 2.88. The minimum atomic E-state index is -0.190. The average molecular weight is 299 g/mol. The average Bonchev–Trinajstić information content (AvgIpc) is 2.44. The summed E-state index contributed by atoms with van der Waals surface area (Å²) in [5.74, 6) is -0.118. The van der Waals surface area contributed by atoms with Gasteiger partial charge in [-0.1, -0.05) is 20.8 Å². The van der Waals surface area contributed by atoms with Crippen LogP contribution in [0.5, 0.6) is 0 Å². The number of nitrogens with one attached hydrogen (secondary N) is 1. The third-order valence-corrected chi connectivity index (χ3v) is 4.17. The Hall–Kier alpha value is -0.650. The first-order valence-electron chi connectivity index (χ1n) is 8.33. The highest BCUT2D eigenvalue weighted by Gasteiger charge is 2.25. The summed E-state index contributed by atoms with van der Waals surface area (Å²) in [5, 5.41) is 3.33. The van der Waals surface area contributed by atoms with Crippen molar-refractivity contribution in [3.8, 4) is 0 Å². The molecule has 0 spiro atoms. The van der Waals surface area contributed by atoms with Crippen LogP contribution < -0.4 is 5.32 Å². The van der Waals surface area contributed by atoms with Gasteiger partial charge in [-0.2, -0.15) is 0 Å². The molecule has 1 saturated heterocycles. The fourth-order valence-corrected chi connectivity index (χ4v) is 2.88. The number of esters is 1. The Balaban J connectivity index is 2.46. The zero-order valence-electron chi connectivity index (χ0n) is 14.4. The molecule has 2 atom stereocenters. The molecule has 0 aromatic rings. The smallest absolute Gasteiger partial charge is 0.323 e. The summed E-state index contributed by atoms with van der Waals surface area (Å²) in [6, 6.07) is 0.734. The lowest BCUT2D eigenvalue weighted by Gasteiger charge is -2.39. The van der Waals surface area contributed by atoms with E-state index in [4.69, 9.17) is 4.74 Å². The highest BCUT2D eigenvalue weighted by molar-refractivity contribution is 5.75. The highest BCUT2D eigenvalue weighted by Crippen LogP contribution is 2.12. The lowest BCUT2D eigenvalue weighted by molar-refractivity contribution is -0.146. The largest absolute Gasteiger partial charge is 0.465 e. The second-order valence-electron chi connectivity index (χ2n) is 6.26. The number of hydrogen-bond donors (Lipinski definition) is 1. The number of carbonyl (C=O) groups is 1. The van der Waals surface area contributed by atoms with Gasteiger partial charge in [0.15, 0.2) is 0 Å². The van der Waals surface area contributed by atoms with Gasteiger partial charge in [-0.05, 0) is 26.8 Å². The van der Waals surface area contributed by atoms with Crippen molar-refractivity contribution in [2.75, 3.05) is 39.8 Å². The summed E-state index contributed by atoms with van der Waals surface area (Å²) in [4.78, 5) is 16.9. The minimum absolute atomic E-state index is 0.118. The molecule has 2 unspecified atom stereocenters. The van der Waals surface area contributed by atoms with Crippen molar-refractivity contribution in [1.82, 2.24) is 15.1 Å². The number of rotatable bonds is 8. The molecule has 0 radical (unpaired) electrons. The zero-order valence-corrected chi connectivity index (χ0v) is 14.4. The molecule has 1 N–H and O–H groups in total. The normalized spacial score (nSPS) is 22.5. The molecule has 124 valence electrons. The quantitative estimate of drug-likeness (QED) is 0.685. The van der Waals surface area contributed by atoms with E-state index in [-0.39, 0.29) is 18.1 Å². The van der Waals surface area contributed by atoms with Gasteiger partial charge in [0.1, 0.15) is 6.04 Å². The second-order valence-corrected chi connectivity index (χ2v) is 6.26. The van der Waals surface area contributed by atoms with Gasteiger partial charge < -0.3 is 19.9 Å². The molecule has 1 rings (SSSR count). The number of hydrogen-bond acceptors (Lipinski definition) is 5. The molecule has 1 heterocycles. The molecule has 0 aromatic heterocycles. The Kier molecular flexibility index (Phi) is 8.22. The standard InChI is InChI=1S/C16H33N3O2/c1-6-14-12-19(11-10-18(14)5)9-8-15(17-13(3)4)16(20)21-7-2/h13-15,17H,6-12H2,1-5H3. The first kappa shape index (κ1) is 18.4. The summed E-state index contributed by atoms with van der Waals surface area (Å²) in [7, 11) is 2.20. The number of carbonyl (C=O) groups excluding carboxylic acids is 1. The summed E-state index contributed by atoms with van der Waals surface area (Å²) < 4.78 is 5.18. The van der Waals surface area contributed by atoms with Crippen LogP contribution in [0.1, 0.15) is 40.5 Å². The van der Waals surface area contributed by atoms with Crippen molar-refractivity contribution in [1.29, 1.82) is 0 Å². The first-order valence-corrected chi connectivity index (χ1v) is 8.33. The summed E-state index contributed by atoms with van der Waals surface area (Å²) in [6.07, 6.45) is 2.00. The molecule has 1 aliphatic rings. The van der Waals surface area contributed by atoms with Gasteiger partial charge in [0, 0.05) is 38.3 Å². The van der Waals surface area contributed by atoms with Crippen molar-refractivity contribution in [2.45, 2.75) is 58.7 Å². The third kappa shape index (κ3) is 6.32. The predicted octanol–water partition coefficient (Wildman–Crippen LogP) is 1.33. The van der Waals surface area contributed by atoms with Crippen LogP contribution in [0.3, 0.4) is 0 Å². The van der Waals surface area contributed by atoms with Crippen LogP contribution in [0.2, 0.25) is 0 Å². The summed E-state index contributed by atoms with van der Waals surface area (Å²) >= 11 is 0. The van der Waals surface area contributed by atoms with Crippen LogP contribution in [0, 0.1) is 0 Å². The van der Waals surface area contributed by atoms with Gasteiger partial charge in [-0.3, -0.25) is 4.79 Å². The molecule has 21 heavy (non-hydrogen) atoms. The molecule has 0 saturated carbocycles. The predicted molar refractivity (Wildman–Crippen MR) is 86.5 cm³/mol. The van der Waals surface area contributed by atoms with E-state index in [1.165, 1.54) is 6.42 Å². The highest BCUT2D eigenvalue weighted by atomic mass is 16.5. The summed E-state index contributed by atoms with van der Waals surface area (Å²) in [6.45, 7) is 12.9. The molecule has 5 heteroatoms. The Morgan fingerprint density at radius 3 is 2.62 bits per heavy atom. The SMILES string of the molecule is CCOC(=O)C(CCN1CCN(C)C(CC)C1)NC(C)C. The molecule has 5 nitrogen and oxygen atoms in total. The lowest BCUT2D eigenvalue weighted by Crippen LogP contribution is -2.52. The van der Waals surface area contributed by atoms with E-state index in [1.54, 1.807) is 0 Å².